The van der Waals surface area contributed by atoms with Gasteiger partial charge in [0.05, 0.1) is 12.7 Å². The summed E-state index contributed by atoms with van der Waals surface area (Å²) in [4.78, 5) is 27.6. The quantitative estimate of drug-likeness (QED) is 0.485. The molecule has 39 heavy (non-hydrogen) atoms. The Balaban J connectivity index is 1.21. The van der Waals surface area contributed by atoms with Crippen molar-refractivity contribution in [3.63, 3.8) is 0 Å². The highest BCUT2D eigenvalue weighted by Gasteiger charge is 2.30. The van der Waals surface area contributed by atoms with Crippen LogP contribution in [0, 0.1) is 11.8 Å². The monoisotopic (exact) mass is 543 g/mol. The van der Waals surface area contributed by atoms with E-state index in [9.17, 15) is 9.90 Å². The number of aliphatic hydroxyl groups excluding tert-OH is 1. The maximum Gasteiger partial charge on any atom is 0.223 e. The van der Waals surface area contributed by atoms with Gasteiger partial charge in [0.15, 0.2) is 0 Å². The van der Waals surface area contributed by atoms with Gasteiger partial charge in [0.2, 0.25) is 5.91 Å². The van der Waals surface area contributed by atoms with E-state index in [1.807, 2.05) is 0 Å². The van der Waals surface area contributed by atoms with Gasteiger partial charge in [0, 0.05) is 68.3 Å². The molecule has 8 heteroatoms. The molecule has 1 saturated heterocycles. The number of nitrogens with zero attached hydrogens (tertiary/aromatic N) is 4. The number of methoxy groups -OCH3 is 1. The van der Waals surface area contributed by atoms with E-state index in [1.165, 1.54) is 19.3 Å². The Morgan fingerprint density at radius 1 is 1.08 bits per heavy atom. The average molecular weight is 544 g/mol. The lowest BCUT2D eigenvalue weighted by Gasteiger charge is -2.41. The van der Waals surface area contributed by atoms with Gasteiger partial charge in [0.25, 0.3) is 0 Å². The third-order valence-corrected chi connectivity index (χ3v) is 9.12. The highest BCUT2D eigenvalue weighted by molar-refractivity contribution is 5.79. The summed E-state index contributed by atoms with van der Waals surface area (Å²) >= 11 is 0. The first kappa shape index (κ1) is 30.2. The first-order valence-corrected chi connectivity index (χ1v) is 15.5. The third-order valence-electron chi connectivity index (χ3n) is 9.12. The number of carbonyl (C=O) groups is 1. The van der Waals surface area contributed by atoms with E-state index in [2.05, 4.69) is 48.9 Å². The van der Waals surface area contributed by atoms with Crippen molar-refractivity contribution in [1.29, 1.82) is 0 Å². The second-order valence-electron chi connectivity index (χ2n) is 13.4. The number of rotatable bonds is 9. The van der Waals surface area contributed by atoms with Gasteiger partial charge in [-0.25, -0.2) is 9.97 Å². The standard InChI is InChI=1S/C31H53N5O3/c1-22-21-35(17-18-36(22)28-20-26(15-19-39-5)33-30(34-28)31(2,3)4)16-14-23-6-10-25(11-7-23)32-29(38)24-8-12-27(37)13-9-24/h20,22-25,27,37H,6-19,21H2,1-5H3,(H,32,38)/t22-,23?,24?,25?,27?/m0/s1. The van der Waals surface area contributed by atoms with Gasteiger partial charge in [-0.15, -0.1) is 0 Å². The number of aliphatic hydroxyl groups is 1. The van der Waals surface area contributed by atoms with Crippen LogP contribution >= 0.6 is 0 Å². The van der Waals surface area contributed by atoms with Gasteiger partial charge in [-0.2, -0.15) is 0 Å². The number of hydrogen-bond donors (Lipinski definition) is 2. The van der Waals surface area contributed by atoms with Crippen LogP contribution in [-0.2, 0) is 21.4 Å². The number of carbonyl (C=O) groups excluding carboxylic acids is 1. The first-order valence-electron chi connectivity index (χ1n) is 15.5. The molecule has 3 fully saturated rings. The summed E-state index contributed by atoms with van der Waals surface area (Å²) in [6, 6.07) is 2.90. The van der Waals surface area contributed by atoms with Crippen LogP contribution in [0.3, 0.4) is 0 Å². The molecule has 3 aliphatic rings. The predicted molar refractivity (Wildman–Crippen MR) is 156 cm³/mol. The molecule has 4 rings (SSSR count). The molecular weight excluding hydrogens is 490 g/mol. The van der Waals surface area contributed by atoms with E-state index in [0.29, 0.717) is 18.7 Å². The minimum Gasteiger partial charge on any atom is -0.393 e. The Morgan fingerprint density at radius 2 is 1.79 bits per heavy atom. The van der Waals surface area contributed by atoms with E-state index in [0.717, 1.165) is 94.4 Å². The molecule has 2 heterocycles. The number of hydrogen-bond acceptors (Lipinski definition) is 7. The molecule has 2 aliphatic carbocycles. The molecule has 1 aliphatic heterocycles. The molecule has 0 radical (unpaired) electrons. The van der Waals surface area contributed by atoms with Crippen molar-refractivity contribution in [2.45, 2.75) is 116 Å². The molecular formula is C31H53N5O3. The van der Waals surface area contributed by atoms with Crippen molar-refractivity contribution >= 4 is 11.7 Å². The zero-order chi connectivity index (χ0) is 28.0. The minimum absolute atomic E-state index is 0.0931. The summed E-state index contributed by atoms with van der Waals surface area (Å²) < 4.78 is 5.31. The van der Waals surface area contributed by atoms with Gasteiger partial charge < -0.3 is 20.1 Å². The Morgan fingerprint density at radius 3 is 2.44 bits per heavy atom. The van der Waals surface area contributed by atoms with Gasteiger partial charge in [0.1, 0.15) is 11.6 Å². The molecule has 0 bridgehead atoms. The van der Waals surface area contributed by atoms with E-state index < -0.39 is 0 Å². The van der Waals surface area contributed by atoms with E-state index >= 15 is 0 Å². The molecule has 220 valence electrons. The third kappa shape index (κ3) is 8.61. The van der Waals surface area contributed by atoms with Crippen LogP contribution in [0.25, 0.3) is 0 Å². The number of ether oxygens (including phenoxy) is 1. The molecule has 0 unspecified atom stereocenters. The van der Waals surface area contributed by atoms with Crippen LogP contribution in [0.15, 0.2) is 6.07 Å². The Hall–Kier alpha value is -1.77. The van der Waals surface area contributed by atoms with Crippen LogP contribution in [0.2, 0.25) is 0 Å². The van der Waals surface area contributed by atoms with Crippen LogP contribution in [0.1, 0.15) is 97.0 Å². The number of anilines is 1. The van der Waals surface area contributed by atoms with Gasteiger partial charge in [-0.3, -0.25) is 9.69 Å². The summed E-state index contributed by atoms with van der Waals surface area (Å²) in [5, 5.41) is 13.0. The van der Waals surface area contributed by atoms with Crippen LogP contribution < -0.4 is 10.2 Å². The lowest BCUT2D eigenvalue weighted by Crippen LogP contribution is -2.52. The van der Waals surface area contributed by atoms with Crippen molar-refractivity contribution in [3.05, 3.63) is 17.6 Å². The van der Waals surface area contributed by atoms with Gasteiger partial charge in [-0.05, 0) is 77.2 Å². The van der Waals surface area contributed by atoms with Crippen molar-refractivity contribution in [2.75, 3.05) is 44.8 Å². The lowest BCUT2D eigenvalue weighted by molar-refractivity contribution is -0.127. The largest absolute Gasteiger partial charge is 0.393 e. The molecule has 0 spiro atoms. The molecule has 1 aromatic heterocycles. The number of piperazine rings is 1. The normalized spacial score (nSPS) is 28.9. The molecule has 8 nitrogen and oxygen atoms in total. The van der Waals surface area contributed by atoms with Crippen LogP contribution in [0.4, 0.5) is 5.82 Å². The Labute approximate surface area is 236 Å². The van der Waals surface area contributed by atoms with Crippen LogP contribution in [0.5, 0.6) is 0 Å². The summed E-state index contributed by atoms with van der Waals surface area (Å²) in [7, 11) is 1.74. The first-order chi connectivity index (χ1) is 18.6. The second-order valence-corrected chi connectivity index (χ2v) is 13.4. The van der Waals surface area contributed by atoms with Crippen molar-refractivity contribution in [1.82, 2.24) is 20.2 Å². The number of amides is 1. The highest BCUT2D eigenvalue weighted by atomic mass is 16.5. The lowest BCUT2D eigenvalue weighted by atomic mass is 9.83. The molecule has 1 aromatic rings. The summed E-state index contributed by atoms with van der Waals surface area (Å²) in [6.07, 6.45) is 9.68. The SMILES string of the molecule is COCCc1cc(N2CCN(CCC3CCC(NC(=O)C4CCC(O)CC4)CC3)C[C@@H]2C)nc(C(C)(C)C)n1. The highest BCUT2D eigenvalue weighted by Crippen LogP contribution is 2.30. The van der Waals surface area contributed by atoms with E-state index in [4.69, 9.17) is 14.7 Å². The summed E-state index contributed by atoms with van der Waals surface area (Å²) in [5.41, 5.74) is 0.968. The fraction of sp³-hybridized carbons (Fsp3) is 0.839. The van der Waals surface area contributed by atoms with E-state index in [-0.39, 0.29) is 23.3 Å². The Bertz CT molecular complexity index is 919. The van der Waals surface area contributed by atoms with Gasteiger partial charge in [-0.1, -0.05) is 20.8 Å². The molecule has 2 N–H and O–H groups in total. The second kappa shape index (κ2) is 13.7. The maximum atomic E-state index is 12.7. The summed E-state index contributed by atoms with van der Waals surface area (Å²) in [5.74, 6) is 3.05. The smallest absolute Gasteiger partial charge is 0.223 e. The summed E-state index contributed by atoms with van der Waals surface area (Å²) in [6.45, 7) is 13.8. The zero-order valence-electron chi connectivity index (χ0n) is 25.1. The van der Waals surface area contributed by atoms with Crippen LogP contribution in [-0.4, -0.2) is 84.0 Å². The van der Waals surface area contributed by atoms with Crippen molar-refractivity contribution < 1.29 is 14.6 Å². The topological polar surface area (TPSA) is 90.8 Å². The van der Waals surface area contributed by atoms with E-state index in [1.54, 1.807) is 7.11 Å². The average Bonchev–Trinajstić information content (AvgIpc) is 2.91. The van der Waals surface area contributed by atoms with Crippen molar-refractivity contribution in [2.24, 2.45) is 11.8 Å². The fourth-order valence-electron chi connectivity index (χ4n) is 6.49. The predicted octanol–water partition coefficient (Wildman–Crippen LogP) is 4.09. The Kier molecular flexibility index (Phi) is 10.6. The fourth-order valence-corrected chi connectivity index (χ4v) is 6.49. The maximum absolute atomic E-state index is 12.7. The molecule has 1 amide bonds. The zero-order valence-corrected chi connectivity index (χ0v) is 25.1. The van der Waals surface area contributed by atoms with Gasteiger partial charge >= 0.3 is 0 Å². The molecule has 1 atom stereocenters. The molecule has 0 aromatic carbocycles. The minimum atomic E-state index is -0.206. The number of aromatic nitrogens is 2. The molecule has 2 saturated carbocycles. The number of nitrogens with one attached hydrogen (secondary N) is 1. The van der Waals surface area contributed by atoms with Crippen molar-refractivity contribution in [3.8, 4) is 0 Å².